The molecule has 0 spiro atoms. The zero-order valence-electron chi connectivity index (χ0n) is 12.2. The summed E-state index contributed by atoms with van der Waals surface area (Å²) in [6.07, 6.45) is 7.04. The highest BCUT2D eigenvalue weighted by molar-refractivity contribution is 8.00. The van der Waals surface area contributed by atoms with Crippen molar-refractivity contribution in [3.8, 4) is 0 Å². The Morgan fingerprint density at radius 1 is 1.38 bits per heavy atom. The third-order valence-electron chi connectivity index (χ3n) is 3.99. The summed E-state index contributed by atoms with van der Waals surface area (Å²) in [5.74, 6) is 1.05. The molecule has 2 aliphatic rings. The quantitative estimate of drug-likeness (QED) is 0.925. The molecular weight excluding hydrogens is 280 g/mol. The third-order valence-corrected chi connectivity index (χ3v) is 5.14. The summed E-state index contributed by atoms with van der Waals surface area (Å²) in [6.45, 7) is 0.744. The average Bonchev–Trinajstić information content (AvgIpc) is 3.01. The predicted molar refractivity (Wildman–Crippen MR) is 88.2 cm³/mol. The van der Waals surface area contributed by atoms with E-state index in [1.165, 1.54) is 5.56 Å². The van der Waals surface area contributed by atoms with Gasteiger partial charge in [-0.1, -0.05) is 48.6 Å². The van der Waals surface area contributed by atoms with E-state index in [4.69, 9.17) is 0 Å². The Bertz CT molecular complexity index is 567. The van der Waals surface area contributed by atoms with Crippen LogP contribution in [-0.2, 0) is 11.2 Å². The monoisotopic (exact) mass is 300 g/mol. The van der Waals surface area contributed by atoms with Crippen LogP contribution in [-0.4, -0.2) is 41.6 Å². The standard InChI is InChI=1S/C17H20N2OS/c1-19(11-10-13-6-3-2-4-7-13)17(20)14-8-5-9-15-16(14)18-12-21-15/h2-9,15-16,18H,10-12H2,1H3. The van der Waals surface area contributed by atoms with Gasteiger partial charge in [-0.05, 0) is 12.0 Å². The number of nitrogens with zero attached hydrogens (tertiary/aromatic N) is 1. The molecule has 21 heavy (non-hydrogen) atoms. The fraction of sp³-hybridized carbons (Fsp3) is 0.353. The Balaban J connectivity index is 1.62. The van der Waals surface area contributed by atoms with Crippen LogP contribution in [0.5, 0.6) is 0 Å². The van der Waals surface area contributed by atoms with Crippen LogP contribution in [0.25, 0.3) is 0 Å². The maximum Gasteiger partial charge on any atom is 0.251 e. The molecule has 1 amide bonds. The number of rotatable bonds is 4. The molecule has 2 atom stereocenters. The van der Waals surface area contributed by atoms with Gasteiger partial charge >= 0.3 is 0 Å². The summed E-state index contributed by atoms with van der Waals surface area (Å²) in [7, 11) is 1.89. The summed E-state index contributed by atoms with van der Waals surface area (Å²) in [6, 6.07) is 10.5. The molecule has 0 radical (unpaired) electrons. The molecule has 1 aromatic rings. The summed E-state index contributed by atoms with van der Waals surface area (Å²) in [5.41, 5.74) is 2.16. The van der Waals surface area contributed by atoms with Crippen molar-refractivity contribution in [2.75, 3.05) is 19.5 Å². The molecule has 1 heterocycles. The Kier molecular flexibility index (Phi) is 4.46. The topological polar surface area (TPSA) is 32.3 Å². The molecule has 3 nitrogen and oxygen atoms in total. The summed E-state index contributed by atoms with van der Waals surface area (Å²) >= 11 is 1.86. The lowest BCUT2D eigenvalue weighted by Crippen LogP contribution is -2.41. The zero-order chi connectivity index (χ0) is 14.7. The van der Waals surface area contributed by atoms with E-state index in [9.17, 15) is 4.79 Å². The first-order valence-corrected chi connectivity index (χ1v) is 8.33. The first-order valence-electron chi connectivity index (χ1n) is 7.28. The van der Waals surface area contributed by atoms with Crippen molar-refractivity contribution < 1.29 is 4.79 Å². The first kappa shape index (κ1) is 14.4. The minimum atomic E-state index is 0.139. The van der Waals surface area contributed by atoms with Crippen LogP contribution in [0.4, 0.5) is 0 Å². The molecule has 1 fully saturated rings. The highest BCUT2D eigenvalue weighted by Gasteiger charge is 2.34. The lowest BCUT2D eigenvalue weighted by molar-refractivity contribution is -0.126. The van der Waals surface area contributed by atoms with Gasteiger partial charge in [0, 0.05) is 30.3 Å². The van der Waals surface area contributed by atoms with Crippen molar-refractivity contribution in [2.24, 2.45) is 0 Å². The Morgan fingerprint density at radius 2 is 2.19 bits per heavy atom. The van der Waals surface area contributed by atoms with Gasteiger partial charge in [0.2, 0.25) is 0 Å². The fourth-order valence-corrected chi connectivity index (χ4v) is 3.85. The number of amides is 1. The molecule has 0 saturated carbocycles. The van der Waals surface area contributed by atoms with Crippen molar-refractivity contribution >= 4 is 17.7 Å². The number of fused-ring (bicyclic) bond motifs is 1. The molecule has 0 bridgehead atoms. The molecule has 1 saturated heterocycles. The minimum Gasteiger partial charge on any atom is -0.342 e. The van der Waals surface area contributed by atoms with Crippen molar-refractivity contribution in [1.29, 1.82) is 0 Å². The summed E-state index contributed by atoms with van der Waals surface area (Å²) < 4.78 is 0. The highest BCUT2D eigenvalue weighted by Crippen LogP contribution is 2.30. The number of carbonyl (C=O) groups excluding carboxylic acids is 1. The van der Waals surface area contributed by atoms with Crippen LogP contribution in [0.3, 0.4) is 0 Å². The maximum absolute atomic E-state index is 12.6. The average molecular weight is 300 g/mol. The molecule has 1 N–H and O–H groups in total. The molecule has 110 valence electrons. The molecule has 3 rings (SSSR count). The third kappa shape index (κ3) is 3.22. The van der Waals surface area contributed by atoms with Crippen LogP contribution in [0.2, 0.25) is 0 Å². The Morgan fingerprint density at radius 3 is 3.00 bits per heavy atom. The van der Waals surface area contributed by atoms with E-state index in [1.807, 2.05) is 54.1 Å². The number of hydrogen-bond acceptors (Lipinski definition) is 3. The van der Waals surface area contributed by atoms with E-state index in [0.29, 0.717) is 5.25 Å². The molecule has 1 aliphatic carbocycles. The van der Waals surface area contributed by atoms with Crippen molar-refractivity contribution in [3.63, 3.8) is 0 Å². The highest BCUT2D eigenvalue weighted by atomic mass is 32.2. The van der Waals surface area contributed by atoms with Gasteiger partial charge in [0.15, 0.2) is 0 Å². The Hall–Kier alpha value is -1.52. The number of carbonyl (C=O) groups is 1. The van der Waals surface area contributed by atoms with Crippen LogP contribution in [0.15, 0.2) is 54.1 Å². The van der Waals surface area contributed by atoms with Crippen LogP contribution >= 0.6 is 11.8 Å². The van der Waals surface area contributed by atoms with E-state index in [-0.39, 0.29) is 11.9 Å². The van der Waals surface area contributed by atoms with Crippen LogP contribution in [0.1, 0.15) is 5.56 Å². The number of likely N-dealkylation sites (N-methyl/N-ethyl adjacent to an activating group) is 1. The van der Waals surface area contributed by atoms with Gasteiger partial charge in [-0.3, -0.25) is 10.1 Å². The largest absolute Gasteiger partial charge is 0.342 e. The van der Waals surface area contributed by atoms with Crippen molar-refractivity contribution in [1.82, 2.24) is 10.2 Å². The van der Waals surface area contributed by atoms with Gasteiger partial charge in [-0.25, -0.2) is 0 Å². The maximum atomic E-state index is 12.6. The summed E-state index contributed by atoms with van der Waals surface area (Å²) in [4.78, 5) is 14.5. The number of nitrogens with one attached hydrogen (secondary N) is 1. The first-order chi connectivity index (χ1) is 10.3. The molecule has 0 aromatic heterocycles. The second-order valence-electron chi connectivity index (χ2n) is 5.43. The predicted octanol–water partition coefficient (Wildman–Crippen LogP) is 2.21. The van der Waals surface area contributed by atoms with Crippen LogP contribution in [0, 0.1) is 0 Å². The van der Waals surface area contributed by atoms with E-state index < -0.39 is 0 Å². The molecule has 4 heteroatoms. The lowest BCUT2D eigenvalue weighted by Gasteiger charge is -2.26. The lowest BCUT2D eigenvalue weighted by atomic mass is 9.97. The van der Waals surface area contributed by atoms with Gasteiger partial charge < -0.3 is 4.90 Å². The second-order valence-corrected chi connectivity index (χ2v) is 6.59. The SMILES string of the molecule is CN(CCc1ccccc1)C(=O)C1=CC=CC2SCNC12. The molecular formula is C17H20N2OS. The van der Waals surface area contributed by atoms with Gasteiger partial charge in [-0.2, -0.15) is 0 Å². The number of thioether (sulfide) groups is 1. The smallest absolute Gasteiger partial charge is 0.251 e. The molecule has 1 aromatic carbocycles. The van der Waals surface area contributed by atoms with E-state index in [0.717, 1.165) is 24.4 Å². The minimum absolute atomic E-state index is 0.139. The number of hydrogen-bond donors (Lipinski definition) is 1. The van der Waals surface area contributed by atoms with E-state index in [1.54, 1.807) is 0 Å². The van der Waals surface area contributed by atoms with Gasteiger partial charge in [0.05, 0.1) is 6.04 Å². The Labute approximate surface area is 130 Å². The normalized spacial score (nSPS) is 23.6. The second kappa shape index (κ2) is 6.50. The van der Waals surface area contributed by atoms with E-state index >= 15 is 0 Å². The zero-order valence-corrected chi connectivity index (χ0v) is 13.0. The van der Waals surface area contributed by atoms with Gasteiger partial charge in [0.25, 0.3) is 5.91 Å². The van der Waals surface area contributed by atoms with Crippen LogP contribution < -0.4 is 5.32 Å². The number of benzene rings is 1. The molecule has 2 unspecified atom stereocenters. The van der Waals surface area contributed by atoms with E-state index in [2.05, 4.69) is 23.5 Å². The fourth-order valence-electron chi connectivity index (χ4n) is 2.74. The van der Waals surface area contributed by atoms with Gasteiger partial charge in [-0.15, -0.1) is 11.8 Å². The summed E-state index contributed by atoms with van der Waals surface area (Å²) in [5, 5.41) is 3.81. The van der Waals surface area contributed by atoms with Crippen molar-refractivity contribution in [3.05, 3.63) is 59.7 Å². The number of allylic oxidation sites excluding steroid dienone is 2. The van der Waals surface area contributed by atoms with Gasteiger partial charge in [0.1, 0.15) is 0 Å². The molecule has 1 aliphatic heterocycles. The van der Waals surface area contributed by atoms with Crippen molar-refractivity contribution in [2.45, 2.75) is 17.7 Å².